The molecule has 132 valence electrons. The van der Waals surface area contributed by atoms with Gasteiger partial charge in [-0.05, 0) is 31.0 Å². The van der Waals surface area contributed by atoms with E-state index < -0.39 is 0 Å². The summed E-state index contributed by atoms with van der Waals surface area (Å²) in [6, 6.07) is 17.2. The summed E-state index contributed by atoms with van der Waals surface area (Å²) in [5.74, 6) is 0.195. The summed E-state index contributed by atoms with van der Waals surface area (Å²) in [7, 11) is 0. The maximum Gasteiger partial charge on any atom is 0.240 e. The largest absolute Gasteiger partial charge is 0.492 e. The molecule has 0 aliphatic heterocycles. The van der Waals surface area contributed by atoms with Gasteiger partial charge in [0.15, 0.2) is 0 Å². The molecule has 2 aromatic carbocycles. The molecule has 2 rings (SSSR count). The van der Waals surface area contributed by atoms with E-state index in [-0.39, 0.29) is 18.4 Å². The van der Waals surface area contributed by atoms with Crippen molar-refractivity contribution in [1.29, 1.82) is 0 Å². The van der Waals surface area contributed by atoms with E-state index in [1.807, 2.05) is 49.4 Å². The zero-order chi connectivity index (χ0) is 18.1. The highest BCUT2D eigenvalue weighted by molar-refractivity contribution is 5.98. The van der Waals surface area contributed by atoms with Crippen LogP contribution in [0.1, 0.15) is 19.4 Å². The molecule has 25 heavy (non-hydrogen) atoms. The molecule has 5 nitrogen and oxygen atoms in total. The van der Waals surface area contributed by atoms with Crippen molar-refractivity contribution in [1.82, 2.24) is 5.32 Å². The molecule has 2 amide bonds. The van der Waals surface area contributed by atoms with Crippen molar-refractivity contribution >= 4 is 17.5 Å². The molecular weight excluding hydrogens is 316 g/mol. The van der Waals surface area contributed by atoms with E-state index in [1.54, 1.807) is 12.1 Å². The quantitative estimate of drug-likeness (QED) is 0.804. The van der Waals surface area contributed by atoms with Crippen LogP contribution in [0.3, 0.4) is 0 Å². The molecule has 0 spiro atoms. The second-order valence-electron chi connectivity index (χ2n) is 5.59. The highest BCUT2D eigenvalue weighted by Crippen LogP contribution is 2.28. The number of carbonyl (C=O) groups is 2. The SMILES string of the molecule is CCOc1ccccc1N(CC(=O)NCCc1ccccc1)C(C)=O. The van der Waals surface area contributed by atoms with E-state index in [4.69, 9.17) is 4.74 Å². The Morgan fingerprint density at radius 1 is 1.04 bits per heavy atom. The lowest BCUT2D eigenvalue weighted by Crippen LogP contribution is -2.40. The van der Waals surface area contributed by atoms with Gasteiger partial charge in [-0.25, -0.2) is 0 Å². The summed E-state index contributed by atoms with van der Waals surface area (Å²) in [4.78, 5) is 25.7. The molecule has 0 fully saturated rings. The van der Waals surface area contributed by atoms with E-state index in [1.165, 1.54) is 11.8 Å². The average Bonchev–Trinajstić information content (AvgIpc) is 2.61. The molecule has 0 bridgehead atoms. The predicted molar refractivity (Wildman–Crippen MR) is 98.8 cm³/mol. The van der Waals surface area contributed by atoms with Crippen molar-refractivity contribution in [2.24, 2.45) is 0 Å². The Balaban J connectivity index is 1.97. The van der Waals surface area contributed by atoms with E-state index in [2.05, 4.69) is 5.32 Å². The number of hydrogen-bond acceptors (Lipinski definition) is 3. The number of carbonyl (C=O) groups excluding carboxylic acids is 2. The van der Waals surface area contributed by atoms with E-state index in [0.717, 1.165) is 12.0 Å². The van der Waals surface area contributed by atoms with Crippen LogP contribution in [0.4, 0.5) is 5.69 Å². The van der Waals surface area contributed by atoms with Crippen molar-refractivity contribution in [3.05, 3.63) is 60.2 Å². The summed E-state index contributed by atoms with van der Waals surface area (Å²) in [6.07, 6.45) is 0.752. The molecule has 0 unspecified atom stereocenters. The fourth-order valence-corrected chi connectivity index (χ4v) is 2.51. The molecule has 0 saturated heterocycles. The van der Waals surface area contributed by atoms with E-state index in [9.17, 15) is 9.59 Å². The fraction of sp³-hybridized carbons (Fsp3) is 0.300. The Morgan fingerprint density at radius 3 is 2.40 bits per heavy atom. The van der Waals surface area contributed by atoms with Gasteiger partial charge in [-0.1, -0.05) is 42.5 Å². The van der Waals surface area contributed by atoms with Gasteiger partial charge in [0, 0.05) is 13.5 Å². The van der Waals surface area contributed by atoms with Gasteiger partial charge in [0.25, 0.3) is 0 Å². The molecule has 0 saturated carbocycles. The third kappa shape index (κ3) is 5.64. The van der Waals surface area contributed by atoms with Crippen LogP contribution < -0.4 is 15.0 Å². The molecule has 0 aliphatic rings. The Morgan fingerprint density at radius 2 is 1.72 bits per heavy atom. The summed E-state index contributed by atoms with van der Waals surface area (Å²) in [5, 5.41) is 2.86. The highest BCUT2D eigenvalue weighted by atomic mass is 16.5. The second kappa shape index (κ2) is 9.47. The van der Waals surface area contributed by atoms with Gasteiger partial charge in [-0.15, -0.1) is 0 Å². The summed E-state index contributed by atoms with van der Waals surface area (Å²) < 4.78 is 5.56. The van der Waals surface area contributed by atoms with Crippen LogP contribution in [0.5, 0.6) is 5.75 Å². The van der Waals surface area contributed by atoms with Crippen molar-refractivity contribution in [3.63, 3.8) is 0 Å². The van der Waals surface area contributed by atoms with Gasteiger partial charge >= 0.3 is 0 Å². The normalized spacial score (nSPS) is 10.2. The van der Waals surface area contributed by atoms with Crippen molar-refractivity contribution in [3.8, 4) is 5.75 Å². The van der Waals surface area contributed by atoms with Crippen molar-refractivity contribution < 1.29 is 14.3 Å². The number of nitrogens with one attached hydrogen (secondary N) is 1. The van der Waals surface area contributed by atoms with Crippen LogP contribution in [0, 0.1) is 0 Å². The van der Waals surface area contributed by atoms with Crippen molar-refractivity contribution in [2.45, 2.75) is 20.3 Å². The molecule has 0 atom stereocenters. The van der Waals surface area contributed by atoms with Gasteiger partial charge in [0.2, 0.25) is 11.8 Å². The lowest BCUT2D eigenvalue weighted by molar-refractivity contribution is -0.123. The minimum Gasteiger partial charge on any atom is -0.492 e. The number of ether oxygens (including phenoxy) is 1. The Bertz CT molecular complexity index is 701. The number of amides is 2. The monoisotopic (exact) mass is 340 g/mol. The first kappa shape index (κ1) is 18.5. The smallest absolute Gasteiger partial charge is 0.240 e. The van der Waals surface area contributed by atoms with E-state index in [0.29, 0.717) is 24.6 Å². The van der Waals surface area contributed by atoms with Crippen LogP contribution in [-0.2, 0) is 16.0 Å². The van der Waals surface area contributed by atoms with Crippen LogP contribution in [0.2, 0.25) is 0 Å². The number of para-hydroxylation sites is 2. The molecule has 0 radical (unpaired) electrons. The Hall–Kier alpha value is -2.82. The van der Waals surface area contributed by atoms with Crippen LogP contribution in [-0.4, -0.2) is 31.5 Å². The number of nitrogens with zero attached hydrogens (tertiary/aromatic N) is 1. The lowest BCUT2D eigenvalue weighted by Gasteiger charge is -2.23. The first-order valence-electron chi connectivity index (χ1n) is 8.42. The molecule has 0 aromatic heterocycles. The van der Waals surface area contributed by atoms with Gasteiger partial charge < -0.3 is 10.1 Å². The number of rotatable bonds is 8. The van der Waals surface area contributed by atoms with Crippen LogP contribution >= 0.6 is 0 Å². The highest BCUT2D eigenvalue weighted by Gasteiger charge is 2.19. The zero-order valence-corrected chi connectivity index (χ0v) is 14.7. The third-order valence-corrected chi connectivity index (χ3v) is 3.72. The fourth-order valence-electron chi connectivity index (χ4n) is 2.51. The number of anilines is 1. The molecule has 5 heteroatoms. The molecule has 0 aliphatic carbocycles. The van der Waals surface area contributed by atoms with E-state index >= 15 is 0 Å². The van der Waals surface area contributed by atoms with Crippen LogP contribution in [0.15, 0.2) is 54.6 Å². The standard InChI is InChI=1S/C20H24N2O3/c1-3-25-19-12-8-7-11-18(19)22(16(2)23)15-20(24)21-14-13-17-9-5-4-6-10-17/h4-12H,3,13-15H2,1-2H3,(H,21,24). The minimum absolute atomic E-state index is 0.0335. The Kier molecular flexibility index (Phi) is 7.01. The van der Waals surface area contributed by atoms with Gasteiger partial charge in [0.1, 0.15) is 12.3 Å². The number of benzene rings is 2. The van der Waals surface area contributed by atoms with Gasteiger partial charge in [-0.2, -0.15) is 0 Å². The van der Waals surface area contributed by atoms with Crippen molar-refractivity contribution in [2.75, 3.05) is 24.6 Å². The molecule has 2 aromatic rings. The predicted octanol–water partition coefficient (Wildman–Crippen LogP) is 2.80. The minimum atomic E-state index is -0.203. The maximum atomic E-state index is 12.2. The number of hydrogen-bond donors (Lipinski definition) is 1. The average molecular weight is 340 g/mol. The maximum absolute atomic E-state index is 12.2. The zero-order valence-electron chi connectivity index (χ0n) is 14.7. The van der Waals surface area contributed by atoms with Gasteiger partial charge in [-0.3, -0.25) is 14.5 Å². The summed E-state index contributed by atoms with van der Waals surface area (Å²) >= 11 is 0. The molecule has 0 heterocycles. The first-order chi connectivity index (χ1) is 12.1. The first-order valence-corrected chi connectivity index (χ1v) is 8.42. The Labute approximate surface area is 148 Å². The van der Waals surface area contributed by atoms with Crippen LogP contribution in [0.25, 0.3) is 0 Å². The molecular formula is C20H24N2O3. The summed E-state index contributed by atoms with van der Waals surface area (Å²) in [6.45, 7) is 4.31. The second-order valence-corrected chi connectivity index (χ2v) is 5.59. The lowest BCUT2D eigenvalue weighted by atomic mass is 10.1. The van der Waals surface area contributed by atoms with Gasteiger partial charge in [0.05, 0.1) is 12.3 Å². The topological polar surface area (TPSA) is 58.6 Å². The molecule has 1 N–H and O–H groups in total. The summed E-state index contributed by atoms with van der Waals surface area (Å²) in [5.41, 5.74) is 1.77. The third-order valence-electron chi connectivity index (χ3n) is 3.72.